The van der Waals surface area contributed by atoms with Crippen molar-refractivity contribution >= 4 is 13.7 Å². The van der Waals surface area contributed by atoms with Crippen molar-refractivity contribution in [3.63, 3.8) is 0 Å². The SMILES string of the molecule is CCOP(=O)(OCC)[C@H](O)[C@H]1[C@@H](C(F)(F)F)N1C(=O)OCc1ccccc1. The van der Waals surface area contributed by atoms with E-state index in [4.69, 9.17) is 13.8 Å². The number of benzene rings is 1. The first kappa shape index (κ1) is 21.7. The Bertz CT molecular complexity index is 676. The summed E-state index contributed by atoms with van der Waals surface area (Å²) in [7, 11) is -4.26. The van der Waals surface area contributed by atoms with Gasteiger partial charge in [-0.05, 0) is 19.4 Å². The highest BCUT2D eigenvalue weighted by molar-refractivity contribution is 7.54. The van der Waals surface area contributed by atoms with Crippen LogP contribution < -0.4 is 0 Å². The number of nitrogens with zero attached hydrogens (tertiary/aromatic N) is 1. The van der Waals surface area contributed by atoms with Gasteiger partial charge < -0.3 is 18.9 Å². The summed E-state index contributed by atoms with van der Waals surface area (Å²) in [5.41, 5.74) is 0.586. The van der Waals surface area contributed by atoms with E-state index in [0.29, 0.717) is 10.5 Å². The van der Waals surface area contributed by atoms with E-state index in [9.17, 15) is 27.6 Å². The van der Waals surface area contributed by atoms with E-state index in [-0.39, 0.29) is 19.8 Å². The number of carbonyl (C=O) groups is 1. The standard InChI is InChI=1S/C16H21F3NO6P/c1-3-25-27(23,26-4-2)14(21)12-13(16(17,18)19)20(12)15(22)24-10-11-8-6-5-7-9-11/h5-9,12-14,21H,3-4,10H2,1-2H3/t12-,13+,14+,20?/m1/s1. The van der Waals surface area contributed by atoms with Crippen molar-refractivity contribution in [3.05, 3.63) is 35.9 Å². The molecule has 1 aliphatic rings. The van der Waals surface area contributed by atoms with Crippen LogP contribution in [0.5, 0.6) is 0 Å². The fraction of sp³-hybridized carbons (Fsp3) is 0.562. The number of hydrogen-bond acceptors (Lipinski definition) is 6. The van der Waals surface area contributed by atoms with Crippen LogP contribution in [0.1, 0.15) is 19.4 Å². The molecule has 1 aromatic rings. The molecule has 11 heteroatoms. The Kier molecular flexibility index (Phi) is 6.91. The minimum absolute atomic E-state index is 0.143. The first-order valence-corrected chi connectivity index (χ1v) is 9.89. The average Bonchev–Trinajstić information content (AvgIpc) is 3.36. The third kappa shape index (κ3) is 5.01. The van der Waals surface area contributed by atoms with Gasteiger partial charge in [-0.2, -0.15) is 13.2 Å². The molecule has 1 amide bonds. The van der Waals surface area contributed by atoms with Crippen molar-refractivity contribution in [2.75, 3.05) is 13.2 Å². The zero-order chi connectivity index (χ0) is 20.2. The van der Waals surface area contributed by atoms with Gasteiger partial charge in [-0.15, -0.1) is 0 Å². The van der Waals surface area contributed by atoms with Crippen LogP contribution in [0.25, 0.3) is 0 Å². The largest absolute Gasteiger partial charge is 0.445 e. The Hall–Kier alpha value is -1.61. The summed E-state index contributed by atoms with van der Waals surface area (Å²) >= 11 is 0. The molecule has 0 spiro atoms. The Labute approximate surface area is 154 Å². The van der Waals surface area contributed by atoms with Gasteiger partial charge in [0.25, 0.3) is 0 Å². The van der Waals surface area contributed by atoms with Crippen LogP contribution in [0.4, 0.5) is 18.0 Å². The summed E-state index contributed by atoms with van der Waals surface area (Å²) in [6, 6.07) is 4.25. The highest BCUT2D eigenvalue weighted by Gasteiger charge is 2.71. The van der Waals surface area contributed by atoms with Gasteiger partial charge in [0.05, 0.1) is 13.2 Å². The average molecular weight is 411 g/mol. The summed E-state index contributed by atoms with van der Waals surface area (Å²) in [6.45, 7) is 2.39. The van der Waals surface area contributed by atoms with E-state index >= 15 is 0 Å². The summed E-state index contributed by atoms with van der Waals surface area (Å²) in [6.07, 6.45) is -6.11. The fourth-order valence-electron chi connectivity index (χ4n) is 2.67. The Morgan fingerprint density at radius 3 is 2.26 bits per heavy atom. The summed E-state index contributed by atoms with van der Waals surface area (Å²) in [5, 5.41) is 10.2. The number of ether oxygens (including phenoxy) is 1. The minimum atomic E-state index is -4.83. The Balaban J connectivity index is 2.14. The lowest BCUT2D eigenvalue weighted by molar-refractivity contribution is -0.137. The van der Waals surface area contributed by atoms with Crippen LogP contribution in [-0.2, 0) is 25.0 Å². The Morgan fingerprint density at radius 1 is 1.22 bits per heavy atom. The van der Waals surface area contributed by atoms with E-state index in [2.05, 4.69) is 0 Å². The molecule has 1 N–H and O–H groups in total. The summed E-state index contributed by atoms with van der Waals surface area (Å²) in [4.78, 5) is 12.4. The maximum absolute atomic E-state index is 13.3. The second-order valence-electron chi connectivity index (χ2n) is 5.71. The molecular weight excluding hydrogens is 390 g/mol. The minimum Gasteiger partial charge on any atom is -0.445 e. The lowest BCUT2D eigenvalue weighted by atomic mass is 10.2. The first-order chi connectivity index (χ1) is 12.7. The van der Waals surface area contributed by atoms with Gasteiger partial charge >= 0.3 is 19.9 Å². The van der Waals surface area contributed by atoms with E-state index < -0.39 is 37.8 Å². The number of halogens is 3. The summed E-state index contributed by atoms with van der Waals surface area (Å²) in [5.74, 6) is -2.15. The van der Waals surface area contributed by atoms with Crippen molar-refractivity contribution in [2.24, 2.45) is 0 Å². The van der Waals surface area contributed by atoms with Gasteiger partial charge in [0.2, 0.25) is 0 Å². The summed E-state index contributed by atoms with van der Waals surface area (Å²) < 4.78 is 67.0. The van der Waals surface area contributed by atoms with Crippen LogP contribution in [0, 0.1) is 0 Å². The molecular formula is C16H21F3NO6P. The zero-order valence-corrected chi connectivity index (χ0v) is 15.7. The number of aliphatic hydroxyl groups is 1. The van der Waals surface area contributed by atoms with Gasteiger partial charge in [0.1, 0.15) is 12.6 Å². The van der Waals surface area contributed by atoms with Crippen LogP contribution >= 0.6 is 7.60 Å². The molecule has 1 aliphatic heterocycles. The molecule has 1 saturated heterocycles. The van der Waals surface area contributed by atoms with Crippen LogP contribution in [-0.4, -0.2) is 53.4 Å². The molecule has 0 radical (unpaired) electrons. The molecule has 2 rings (SSSR count). The van der Waals surface area contributed by atoms with Gasteiger partial charge in [-0.25, -0.2) is 4.79 Å². The highest BCUT2D eigenvalue weighted by Crippen LogP contribution is 2.59. The molecule has 152 valence electrons. The maximum atomic E-state index is 13.3. The number of carbonyl (C=O) groups excluding carboxylic acids is 1. The van der Waals surface area contributed by atoms with Gasteiger partial charge in [-0.1, -0.05) is 30.3 Å². The van der Waals surface area contributed by atoms with Crippen molar-refractivity contribution in [3.8, 4) is 0 Å². The molecule has 1 heterocycles. The van der Waals surface area contributed by atoms with Crippen molar-refractivity contribution in [1.29, 1.82) is 0 Å². The van der Waals surface area contributed by atoms with Gasteiger partial charge in [0, 0.05) is 0 Å². The van der Waals surface area contributed by atoms with Crippen molar-refractivity contribution in [1.82, 2.24) is 4.90 Å². The third-order valence-electron chi connectivity index (χ3n) is 3.85. The van der Waals surface area contributed by atoms with Crippen molar-refractivity contribution < 1.29 is 41.4 Å². The smallest absolute Gasteiger partial charge is 0.411 e. The molecule has 3 atom stereocenters. The number of amides is 1. The molecule has 0 saturated carbocycles. The molecule has 0 bridgehead atoms. The van der Waals surface area contributed by atoms with Gasteiger partial charge in [0.15, 0.2) is 11.9 Å². The lowest BCUT2D eigenvalue weighted by Gasteiger charge is -2.22. The second kappa shape index (κ2) is 8.60. The van der Waals surface area contributed by atoms with Crippen LogP contribution in [0.15, 0.2) is 30.3 Å². The van der Waals surface area contributed by atoms with Crippen LogP contribution in [0.3, 0.4) is 0 Å². The third-order valence-corrected chi connectivity index (χ3v) is 6.04. The maximum Gasteiger partial charge on any atom is 0.411 e. The van der Waals surface area contributed by atoms with E-state index in [0.717, 1.165) is 0 Å². The topological polar surface area (TPSA) is 85.1 Å². The fourth-order valence-corrected chi connectivity index (χ4v) is 4.45. The van der Waals surface area contributed by atoms with E-state index in [1.165, 1.54) is 13.8 Å². The molecule has 1 aromatic carbocycles. The highest BCUT2D eigenvalue weighted by atomic mass is 31.2. The quantitative estimate of drug-likeness (QED) is 0.521. The number of rotatable bonds is 8. The Morgan fingerprint density at radius 2 is 1.78 bits per heavy atom. The predicted molar refractivity (Wildman–Crippen MR) is 89.0 cm³/mol. The first-order valence-electron chi connectivity index (χ1n) is 8.28. The monoisotopic (exact) mass is 411 g/mol. The van der Waals surface area contributed by atoms with Crippen LogP contribution in [0.2, 0.25) is 0 Å². The number of aliphatic hydroxyl groups excluding tert-OH is 1. The molecule has 0 aromatic heterocycles. The number of hydrogen-bond donors (Lipinski definition) is 1. The van der Waals surface area contributed by atoms with E-state index in [1.54, 1.807) is 30.3 Å². The van der Waals surface area contributed by atoms with Crippen molar-refractivity contribution in [2.45, 2.75) is 44.6 Å². The molecule has 7 nitrogen and oxygen atoms in total. The lowest BCUT2D eigenvalue weighted by Crippen LogP contribution is -2.26. The molecule has 27 heavy (non-hydrogen) atoms. The molecule has 0 unspecified atom stereocenters. The van der Waals surface area contributed by atoms with Gasteiger partial charge in [-0.3, -0.25) is 9.46 Å². The molecule has 0 aliphatic carbocycles. The second-order valence-corrected chi connectivity index (χ2v) is 7.84. The number of alkyl halides is 3. The normalized spacial score (nSPS) is 21.0. The zero-order valence-electron chi connectivity index (χ0n) is 14.8. The predicted octanol–water partition coefficient (Wildman–Crippen LogP) is 3.52. The van der Waals surface area contributed by atoms with E-state index in [1.807, 2.05) is 0 Å². The molecule has 1 fully saturated rings.